The summed E-state index contributed by atoms with van der Waals surface area (Å²) in [6.07, 6.45) is 0. The van der Waals surface area contributed by atoms with Gasteiger partial charge in [0, 0.05) is 0 Å². The molecule has 290 valence electrons. The molecule has 1 spiro atoms. The van der Waals surface area contributed by atoms with Crippen LogP contribution in [0.25, 0.3) is 109 Å². The topological polar surface area (TPSA) is 0 Å². The van der Waals surface area contributed by atoms with Gasteiger partial charge in [-0.05, 0) is 156 Å². The molecular weight excluding hydrogens is 757 g/mol. The van der Waals surface area contributed by atoms with Crippen LogP contribution in [0, 0.1) is 0 Å². The highest BCUT2D eigenvalue weighted by molar-refractivity contribution is 6.24. The lowest BCUT2D eigenvalue weighted by Crippen LogP contribution is -2.26. The lowest BCUT2D eigenvalue weighted by molar-refractivity contribution is 0.796. The van der Waals surface area contributed by atoms with Crippen LogP contribution in [-0.4, -0.2) is 0 Å². The Morgan fingerprint density at radius 1 is 0.206 bits per heavy atom. The Balaban J connectivity index is 1.06. The van der Waals surface area contributed by atoms with Crippen LogP contribution in [0.5, 0.6) is 0 Å². The normalized spacial score (nSPS) is 13.2. The van der Waals surface area contributed by atoms with Crippen molar-refractivity contribution in [3.05, 3.63) is 253 Å². The smallest absolute Gasteiger partial charge is 0.0619 e. The van der Waals surface area contributed by atoms with Crippen LogP contribution in [-0.2, 0) is 5.41 Å². The molecule has 12 aromatic rings. The van der Waals surface area contributed by atoms with E-state index in [1.807, 2.05) is 0 Å². The van der Waals surface area contributed by atoms with Gasteiger partial charge in [-0.25, -0.2) is 0 Å². The van der Waals surface area contributed by atoms with Gasteiger partial charge < -0.3 is 0 Å². The first-order chi connectivity index (χ1) is 31.3. The van der Waals surface area contributed by atoms with Crippen molar-refractivity contribution in [1.29, 1.82) is 0 Å². The molecule has 0 amide bonds. The molecule has 0 nitrogen and oxygen atoms in total. The van der Waals surface area contributed by atoms with E-state index in [-0.39, 0.29) is 0 Å². The van der Waals surface area contributed by atoms with Crippen molar-refractivity contribution in [3.63, 3.8) is 0 Å². The molecule has 0 heterocycles. The average Bonchev–Trinajstić information content (AvgIpc) is 3.81. The van der Waals surface area contributed by atoms with Crippen LogP contribution in [0.15, 0.2) is 231 Å². The van der Waals surface area contributed by atoms with Crippen LogP contribution in [0.4, 0.5) is 0 Å². The molecule has 0 N–H and O–H groups in total. The van der Waals surface area contributed by atoms with Crippen LogP contribution in [0.2, 0.25) is 0 Å². The van der Waals surface area contributed by atoms with Gasteiger partial charge in [0.15, 0.2) is 0 Å². The third-order valence-corrected chi connectivity index (χ3v) is 14.4. The molecule has 0 saturated heterocycles. The number of benzene rings is 12. The third kappa shape index (κ3) is 4.65. The van der Waals surface area contributed by atoms with Gasteiger partial charge in [0.05, 0.1) is 5.41 Å². The first-order valence-electron chi connectivity index (χ1n) is 22.1. The standard InChI is InChI=1S/C63H38/c1-2-19-41-37-58-55(36-40(41)18-1)62-49-27-6-5-24-45(49)54(38-59(62)63(58)56-33-13-11-25-46(56)47-26-12-14-34-57(47)63)42-21-15-22-43(35-42)60-50-28-7-9-30-52(50)61(53-31-10-8-29-51(53)60)48-32-16-20-39-17-3-4-23-44(39)48/h1-38H. The highest BCUT2D eigenvalue weighted by Crippen LogP contribution is 2.65. The lowest BCUT2D eigenvalue weighted by atomic mass is 9.69. The summed E-state index contributed by atoms with van der Waals surface area (Å²) in [5, 5.41) is 12.7. The number of fused-ring (bicyclic) bond motifs is 16. The molecule has 0 aliphatic heterocycles. The molecule has 0 atom stereocenters. The lowest BCUT2D eigenvalue weighted by Gasteiger charge is -2.31. The van der Waals surface area contributed by atoms with Gasteiger partial charge in [-0.1, -0.05) is 206 Å². The van der Waals surface area contributed by atoms with E-state index < -0.39 is 5.41 Å². The Morgan fingerprint density at radius 3 is 1.33 bits per heavy atom. The highest BCUT2D eigenvalue weighted by atomic mass is 14.5. The molecule has 2 aliphatic carbocycles. The molecule has 0 unspecified atom stereocenters. The van der Waals surface area contributed by atoms with Crippen molar-refractivity contribution in [2.24, 2.45) is 0 Å². The van der Waals surface area contributed by atoms with E-state index in [4.69, 9.17) is 0 Å². The van der Waals surface area contributed by atoms with Gasteiger partial charge in [-0.2, -0.15) is 0 Å². The van der Waals surface area contributed by atoms with Gasteiger partial charge in [0.1, 0.15) is 0 Å². The molecule has 14 rings (SSSR count). The van der Waals surface area contributed by atoms with E-state index in [0.717, 1.165) is 0 Å². The van der Waals surface area contributed by atoms with E-state index in [0.29, 0.717) is 0 Å². The highest BCUT2D eigenvalue weighted by Gasteiger charge is 2.52. The maximum absolute atomic E-state index is 2.57. The summed E-state index contributed by atoms with van der Waals surface area (Å²) < 4.78 is 0. The Morgan fingerprint density at radius 2 is 0.667 bits per heavy atom. The summed E-state index contributed by atoms with van der Waals surface area (Å²) in [5.41, 5.74) is 17.8. The minimum Gasteiger partial charge on any atom is -0.0619 e. The van der Waals surface area contributed by atoms with E-state index in [9.17, 15) is 0 Å². The Hall–Kier alpha value is -8.06. The monoisotopic (exact) mass is 794 g/mol. The predicted molar refractivity (Wildman–Crippen MR) is 267 cm³/mol. The number of hydrogen-bond donors (Lipinski definition) is 0. The van der Waals surface area contributed by atoms with E-state index >= 15 is 0 Å². The van der Waals surface area contributed by atoms with Gasteiger partial charge in [0.2, 0.25) is 0 Å². The van der Waals surface area contributed by atoms with E-state index in [1.54, 1.807) is 0 Å². The molecule has 63 heavy (non-hydrogen) atoms. The minimum atomic E-state index is -0.470. The Bertz CT molecular complexity index is 3810. The Labute approximate surface area is 366 Å². The van der Waals surface area contributed by atoms with Gasteiger partial charge in [0.25, 0.3) is 0 Å². The molecule has 12 aromatic carbocycles. The molecule has 0 saturated carbocycles. The molecule has 2 aliphatic rings. The van der Waals surface area contributed by atoms with Gasteiger partial charge in [-0.15, -0.1) is 0 Å². The van der Waals surface area contributed by atoms with E-state index in [2.05, 4.69) is 231 Å². The van der Waals surface area contributed by atoms with Crippen LogP contribution in [0.1, 0.15) is 22.3 Å². The first-order valence-corrected chi connectivity index (χ1v) is 22.1. The maximum Gasteiger partial charge on any atom is 0.0726 e. The summed E-state index contributed by atoms with van der Waals surface area (Å²) in [5.74, 6) is 0. The fourth-order valence-electron chi connectivity index (χ4n) is 11.9. The molecule has 0 aromatic heterocycles. The first kappa shape index (κ1) is 34.6. The second-order valence-electron chi connectivity index (χ2n) is 17.4. The second-order valence-corrected chi connectivity index (χ2v) is 17.4. The van der Waals surface area contributed by atoms with Crippen molar-refractivity contribution >= 4 is 53.9 Å². The van der Waals surface area contributed by atoms with Gasteiger partial charge in [-0.3, -0.25) is 0 Å². The van der Waals surface area contributed by atoms with E-state index in [1.165, 1.54) is 132 Å². The van der Waals surface area contributed by atoms with Crippen molar-refractivity contribution in [2.75, 3.05) is 0 Å². The molecular formula is C63H38. The quantitative estimate of drug-likeness (QED) is 0.156. The van der Waals surface area contributed by atoms with Crippen molar-refractivity contribution in [2.45, 2.75) is 5.41 Å². The zero-order chi connectivity index (χ0) is 41.2. The van der Waals surface area contributed by atoms with Crippen molar-refractivity contribution in [1.82, 2.24) is 0 Å². The molecule has 0 fully saturated rings. The van der Waals surface area contributed by atoms with Crippen molar-refractivity contribution in [3.8, 4) is 55.6 Å². The molecule has 0 bridgehead atoms. The van der Waals surface area contributed by atoms with Crippen LogP contribution >= 0.6 is 0 Å². The predicted octanol–water partition coefficient (Wildman–Crippen LogP) is 16.8. The number of rotatable bonds is 3. The second kappa shape index (κ2) is 13.0. The fourth-order valence-corrected chi connectivity index (χ4v) is 11.9. The van der Waals surface area contributed by atoms with Crippen molar-refractivity contribution < 1.29 is 0 Å². The Kier molecular flexibility index (Phi) is 7.13. The molecule has 0 heteroatoms. The number of hydrogen-bond acceptors (Lipinski definition) is 0. The zero-order valence-electron chi connectivity index (χ0n) is 34.4. The SMILES string of the molecule is c1cc(-c2cc3c(c4ccccc24)-c2cc4ccccc4cc2C32c3ccccc3-c3ccccc32)cc(-c2c3ccccc3c(-c3cccc4ccccc34)c3ccccc23)c1. The zero-order valence-corrected chi connectivity index (χ0v) is 34.4. The largest absolute Gasteiger partial charge is 0.0726 e. The van der Waals surface area contributed by atoms with Gasteiger partial charge >= 0.3 is 0 Å². The summed E-state index contributed by atoms with van der Waals surface area (Å²) in [6.45, 7) is 0. The maximum atomic E-state index is 2.57. The summed E-state index contributed by atoms with van der Waals surface area (Å²) in [6, 6.07) is 86.8. The third-order valence-electron chi connectivity index (χ3n) is 14.4. The van der Waals surface area contributed by atoms with Crippen LogP contribution < -0.4 is 0 Å². The average molecular weight is 795 g/mol. The summed E-state index contributed by atoms with van der Waals surface area (Å²) in [7, 11) is 0. The summed E-state index contributed by atoms with van der Waals surface area (Å²) in [4.78, 5) is 0. The summed E-state index contributed by atoms with van der Waals surface area (Å²) >= 11 is 0. The van der Waals surface area contributed by atoms with Crippen LogP contribution in [0.3, 0.4) is 0 Å². The minimum absolute atomic E-state index is 0.470. The fraction of sp³-hybridized carbons (Fsp3) is 0.0159. The molecule has 0 radical (unpaired) electrons.